The molecule has 6 nitrogen and oxygen atoms in total. The van der Waals surface area contributed by atoms with Crippen LogP contribution in [-0.4, -0.2) is 61.8 Å². The van der Waals surface area contributed by atoms with E-state index in [1.807, 2.05) is 42.2 Å². The van der Waals surface area contributed by atoms with E-state index in [0.29, 0.717) is 37.0 Å². The van der Waals surface area contributed by atoms with Gasteiger partial charge in [0.1, 0.15) is 0 Å². The van der Waals surface area contributed by atoms with Gasteiger partial charge in [0.05, 0.1) is 10.9 Å². The number of para-hydroxylation sites is 1. The summed E-state index contributed by atoms with van der Waals surface area (Å²) >= 11 is 0. The number of carbonyl (C=O) groups excluding carboxylic acids is 1. The van der Waals surface area contributed by atoms with Gasteiger partial charge in [-0.1, -0.05) is 44.2 Å². The molecule has 0 unspecified atom stereocenters. The van der Waals surface area contributed by atoms with Crippen LogP contribution in [0.25, 0.3) is 0 Å². The van der Waals surface area contributed by atoms with E-state index < -0.39 is 10.0 Å². The number of anilines is 1. The number of piperazine rings is 1. The molecule has 0 aromatic heterocycles. The van der Waals surface area contributed by atoms with E-state index in [2.05, 4.69) is 31.7 Å². The molecule has 2 aromatic carbocycles. The van der Waals surface area contributed by atoms with E-state index in [-0.39, 0.29) is 18.0 Å². The molecule has 0 aliphatic carbocycles. The average molecular weight is 470 g/mol. The molecule has 2 aromatic rings. The summed E-state index contributed by atoms with van der Waals surface area (Å²) in [4.78, 5) is 17.7. The summed E-state index contributed by atoms with van der Waals surface area (Å²) in [5.41, 5.74) is 3.37. The van der Waals surface area contributed by atoms with Crippen molar-refractivity contribution < 1.29 is 13.2 Å². The van der Waals surface area contributed by atoms with Crippen molar-refractivity contribution in [3.8, 4) is 0 Å². The third-order valence-corrected chi connectivity index (χ3v) is 9.24. The van der Waals surface area contributed by atoms with Gasteiger partial charge in [-0.3, -0.25) is 9.69 Å². The Morgan fingerprint density at radius 1 is 1.00 bits per heavy atom. The maximum Gasteiger partial charge on any atom is 0.244 e. The van der Waals surface area contributed by atoms with Crippen LogP contribution in [0.3, 0.4) is 0 Å². The predicted molar refractivity (Wildman–Crippen MR) is 132 cm³/mol. The van der Waals surface area contributed by atoms with Crippen molar-refractivity contribution in [2.45, 2.75) is 63.4 Å². The first-order valence-electron chi connectivity index (χ1n) is 12.0. The lowest BCUT2D eigenvalue weighted by molar-refractivity contribution is -0.124. The first kappa shape index (κ1) is 23.9. The molecule has 1 saturated heterocycles. The number of hydrogen-bond acceptors (Lipinski definition) is 4. The Morgan fingerprint density at radius 2 is 1.64 bits per heavy atom. The highest BCUT2D eigenvalue weighted by Gasteiger charge is 2.37. The fourth-order valence-electron chi connectivity index (χ4n) is 4.94. The van der Waals surface area contributed by atoms with Crippen LogP contribution in [-0.2, 0) is 21.2 Å². The predicted octanol–water partition coefficient (Wildman–Crippen LogP) is 3.87. The molecule has 4 rings (SSSR count). The molecule has 2 aliphatic rings. The lowest BCUT2D eigenvalue weighted by Crippen LogP contribution is -2.56. The Labute approximate surface area is 198 Å². The van der Waals surface area contributed by atoms with Gasteiger partial charge < -0.3 is 4.90 Å². The Kier molecular flexibility index (Phi) is 6.93. The maximum atomic E-state index is 13.4. The zero-order chi connectivity index (χ0) is 23.8. The van der Waals surface area contributed by atoms with Crippen molar-refractivity contribution >= 4 is 21.6 Å². The summed E-state index contributed by atoms with van der Waals surface area (Å²) in [5, 5.41) is 0. The second-order valence-electron chi connectivity index (χ2n) is 9.38. The van der Waals surface area contributed by atoms with Crippen molar-refractivity contribution in [2.24, 2.45) is 0 Å². The first-order valence-corrected chi connectivity index (χ1v) is 13.4. The molecule has 2 aliphatic heterocycles. The third-order valence-electron chi connectivity index (χ3n) is 7.32. The van der Waals surface area contributed by atoms with Crippen LogP contribution >= 0.6 is 0 Å². The van der Waals surface area contributed by atoms with Crippen LogP contribution < -0.4 is 4.90 Å². The number of amides is 1. The van der Waals surface area contributed by atoms with Crippen molar-refractivity contribution in [1.82, 2.24) is 9.21 Å². The molecule has 0 radical (unpaired) electrons. The van der Waals surface area contributed by atoms with Crippen LogP contribution in [0.2, 0.25) is 0 Å². The highest BCUT2D eigenvalue weighted by Crippen LogP contribution is 2.33. The number of carbonyl (C=O) groups is 1. The van der Waals surface area contributed by atoms with Gasteiger partial charge in [-0.05, 0) is 61.9 Å². The van der Waals surface area contributed by atoms with Gasteiger partial charge in [0, 0.05) is 37.9 Å². The average Bonchev–Trinajstić information content (AvgIpc) is 3.18. The van der Waals surface area contributed by atoms with Gasteiger partial charge in [0.2, 0.25) is 15.9 Å². The molecule has 0 spiro atoms. The lowest BCUT2D eigenvalue weighted by atomic mass is 9.99. The second-order valence-corrected chi connectivity index (χ2v) is 11.3. The van der Waals surface area contributed by atoms with Crippen LogP contribution in [0.1, 0.15) is 51.2 Å². The molecule has 1 amide bonds. The Bertz CT molecular complexity index is 1090. The molecular weight excluding hydrogens is 434 g/mol. The monoisotopic (exact) mass is 469 g/mol. The van der Waals surface area contributed by atoms with Crippen LogP contribution in [0.15, 0.2) is 53.4 Å². The van der Waals surface area contributed by atoms with E-state index in [4.69, 9.17) is 0 Å². The standard InChI is InChI=1S/C26H35N3O3S/c1-5-19(2)22-10-12-24(13-11-22)33(31,32)28-16-14-27(15-17-28)21(4)26(30)29-20(3)18-23-8-6-7-9-25(23)29/h6-13,19-21H,5,14-18H2,1-4H3/t19-,20-,21+/m0/s1. The second kappa shape index (κ2) is 9.57. The van der Waals surface area contributed by atoms with Crippen molar-refractivity contribution in [2.75, 3.05) is 31.1 Å². The highest BCUT2D eigenvalue weighted by molar-refractivity contribution is 7.89. The number of benzene rings is 2. The van der Waals surface area contributed by atoms with Gasteiger partial charge in [0.25, 0.3) is 0 Å². The van der Waals surface area contributed by atoms with Crippen LogP contribution in [0, 0.1) is 0 Å². The molecule has 33 heavy (non-hydrogen) atoms. The van der Waals surface area contributed by atoms with Gasteiger partial charge in [-0.15, -0.1) is 0 Å². The number of rotatable bonds is 6. The quantitative estimate of drug-likeness (QED) is 0.644. The number of sulfonamides is 1. The maximum absolute atomic E-state index is 13.4. The van der Waals surface area contributed by atoms with E-state index in [0.717, 1.165) is 24.1 Å². The zero-order valence-corrected chi connectivity index (χ0v) is 20.9. The number of hydrogen-bond donors (Lipinski definition) is 0. The lowest BCUT2D eigenvalue weighted by Gasteiger charge is -2.38. The van der Waals surface area contributed by atoms with Gasteiger partial charge in [-0.25, -0.2) is 8.42 Å². The molecule has 0 bridgehead atoms. The zero-order valence-electron chi connectivity index (χ0n) is 20.1. The van der Waals surface area contributed by atoms with Crippen molar-refractivity contribution in [3.63, 3.8) is 0 Å². The largest absolute Gasteiger partial charge is 0.308 e. The van der Waals surface area contributed by atoms with Crippen molar-refractivity contribution in [3.05, 3.63) is 59.7 Å². The van der Waals surface area contributed by atoms with Gasteiger partial charge in [0.15, 0.2) is 0 Å². The normalized spacial score (nSPS) is 21.6. The first-order chi connectivity index (χ1) is 15.7. The summed E-state index contributed by atoms with van der Waals surface area (Å²) in [6.07, 6.45) is 1.89. The van der Waals surface area contributed by atoms with Gasteiger partial charge in [-0.2, -0.15) is 4.31 Å². The molecule has 0 N–H and O–H groups in total. The van der Waals surface area contributed by atoms with Crippen LogP contribution in [0.4, 0.5) is 5.69 Å². The fourth-order valence-corrected chi connectivity index (χ4v) is 6.37. The summed E-state index contributed by atoms with van der Waals surface area (Å²) in [5.74, 6) is 0.499. The third kappa shape index (κ3) is 4.59. The molecule has 7 heteroatoms. The molecule has 178 valence electrons. The Balaban J connectivity index is 1.40. The minimum atomic E-state index is -3.53. The Morgan fingerprint density at radius 3 is 2.27 bits per heavy atom. The minimum Gasteiger partial charge on any atom is -0.308 e. The van der Waals surface area contributed by atoms with E-state index >= 15 is 0 Å². The molecule has 3 atom stereocenters. The summed E-state index contributed by atoms with van der Waals surface area (Å²) in [6.45, 7) is 10.2. The van der Waals surface area contributed by atoms with Gasteiger partial charge >= 0.3 is 0 Å². The summed E-state index contributed by atoms with van der Waals surface area (Å²) in [6, 6.07) is 15.2. The number of fused-ring (bicyclic) bond motifs is 1. The molecule has 2 heterocycles. The summed E-state index contributed by atoms with van der Waals surface area (Å²) in [7, 11) is -3.53. The minimum absolute atomic E-state index is 0.0874. The van der Waals surface area contributed by atoms with Crippen molar-refractivity contribution in [1.29, 1.82) is 0 Å². The molecule has 0 saturated carbocycles. The summed E-state index contributed by atoms with van der Waals surface area (Å²) < 4.78 is 27.9. The SMILES string of the molecule is CC[C@H](C)c1ccc(S(=O)(=O)N2CCN([C@H](C)C(=O)N3c4ccccc4C[C@@H]3C)CC2)cc1. The Hall–Kier alpha value is -2.22. The smallest absolute Gasteiger partial charge is 0.244 e. The molecule has 1 fully saturated rings. The van der Waals surface area contributed by atoms with Crippen LogP contribution in [0.5, 0.6) is 0 Å². The van der Waals surface area contributed by atoms with E-state index in [1.165, 1.54) is 5.56 Å². The van der Waals surface area contributed by atoms with E-state index in [1.54, 1.807) is 16.4 Å². The topological polar surface area (TPSA) is 60.9 Å². The fraction of sp³-hybridized carbons (Fsp3) is 0.500. The molecular formula is C26H35N3O3S. The highest BCUT2D eigenvalue weighted by atomic mass is 32.2. The van der Waals surface area contributed by atoms with E-state index in [9.17, 15) is 13.2 Å². The number of nitrogens with zero attached hydrogens (tertiary/aromatic N) is 3.